The summed E-state index contributed by atoms with van der Waals surface area (Å²) in [6.45, 7) is 6.50. The summed E-state index contributed by atoms with van der Waals surface area (Å²) in [5.74, 6) is -0.427. The Morgan fingerprint density at radius 2 is 2.05 bits per heavy atom. The molecule has 1 fully saturated rings. The molecule has 7 heteroatoms. The Morgan fingerprint density at radius 3 is 2.50 bits per heavy atom. The van der Waals surface area contributed by atoms with Gasteiger partial charge in [-0.15, -0.1) is 0 Å². The number of amides is 2. The van der Waals surface area contributed by atoms with Crippen molar-refractivity contribution >= 4 is 17.5 Å². The lowest BCUT2D eigenvalue weighted by atomic mass is 9.89. The highest BCUT2D eigenvalue weighted by molar-refractivity contribution is 5.83. The number of likely N-dealkylation sites (tertiary alicyclic amines) is 1. The van der Waals surface area contributed by atoms with Crippen molar-refractivity contribution in [3.05, 3.63) is 11.4 Å². The summed E-state index contributed by atoms with van der Waals surface area (Å²) in [5, 5.41) is 4.25. The van der Waals surface area contributed by atoms with Crippen LogP contribution < -0.4 is 11.5 Å². The lowest BCUT2D eigenvalue weighted by Gasteiger charge is -2.21. The molecule has 1 aromatic heterocycles. The van der Waals surface area contributed by atoms with Crippen molar-refractivity contribution in [2.24, 2.45) is 11.1 Å². The van der Waals surface area contributed by atoms with Gasteiger partial charge in [0.1, 0.15) is 6.54 Å². The Balaban J connectivity index is 2.07. The van der Waals surface area contributed by atoms with Gasteiger partial charge < -0.3 is 16.4 Å². The first kappa shape index (κ1) is 14.4. The fraction of sp³-hybridized carbons (Fsp3) is 0.615. The maximum atomic E-state index is 12.3. The van der Waals surface area contributed by atoms with Gasteiger partial charge in [-0.25, -0.2) is 0 Å². The quantitative estimate of drug-likeness (QED) is 0.799. The second kappa shape index (κ2) is 4.81. The zero-order valence-electron chi connectivity index (χ0n) is 12.1. The van der Waals surface area contributed by atoms with E-state index >= 15 is 0 Å². The van der Waals surface area contributed by atoms with Gasteiger partial charge in [0.2, 0.25) is 11.8 Å². The highest BCUT2D eigenvalue weighted by atomic mass is 16.2. The number of hydrogen-bond donors (Lipinski definition) is 2. The number of hydrogen-bond acceptors (Lipinski definition) is 4. The number of carbonyl (C=O) groups is 2. The van der Waals surface area contributed by atoms with Crippen molar-refractivity contribution in [3.63, 3.8) is 0 Å². The van der Waals surface area contributed by atoms with Crippen LogP contribution in [0.4, 0.5) is 5.69 Å². The first-order chi connectivity index (χ1) is 9.24. The molecule has 0 radical (unpaired) electrons. The minimum Gasteiger partial charge on any atom is -0.396 e. The molecule has 1 aliphatic rings. The molecular weight excluding hydrogens is 258 g/mol. The number of primary amides is 1. The Morgan fingerprint density at radius 1 is 1.40 bits per heavy atom. The van der Waals surface area contributed by atoms with Crippen LogP contribution in [0.1, 0.15) is 24.7 Å². The Bertz CT molecular complexity index is 565. The fourth-order valence-corrected chi connectivity index (χ4v) is 2.47. The van der Waals surface area contributed by atoms with E-state index in [1.54, 1.807) is 16.5 Å². The van der Waals surface area contributed by atoms with E-state index in [0.29, 0.717) is 25.2 Å². The van der Waals surface area contributed by atoms with Crippen LogP contribution in [-0.2, 0) is 16.1 Å². The highest BCUT2D eigenvalue weighted by Crippen LogP contribution is 2.29. The second-order valence-electron chi connectivity index (χ2n) is 5.73. The molecule has 0 bridgehead atoms. The zero-order valence-corrected chi connectivity index (χ0v) is 12.1. The first-order valence-electron chi connectivity index (χ1n) is 6.62. The van der Waals surface area contributed by atoms with Gasteiger partial charge in [0.25, 0.3) is 0 Å². The number of carbonyl (C=O) groups excluding carboxylic acids is 2. The van der Waals surface area contributed by atoms with Crippen LogP contribution in [0.5, 0.6) is 0 Å². The number of anilines is 1. The average Bonchev–Trinajstić information content (AvgIpc) is 2.89. The summed E-state index contributed by atoms with van der Waals surface area (Å²) in [6.07, 6.45) is 0.604. The molecule has 7 nitrogen and oxygen atoms in total. The molecule has 20 heavy (non-hydrogen) atoms. The fourth-order valence-electron chi connectivity index (χ4n) is 2.47. The van der Waals surface area contributed by atoms with Gasteiger partial charge in [0, 0.05) is 13.1 Å². The molecule has 1 saturated heterocycles. The highest BCUT2D eigenvalue weighted by Gasteiger charge is 2.40. The monoisotopic (exact) mass is 279 g/mol. The van der Waals surface area contributed by atoms with Crippen molar-refractivity contribution in [2.45, 2.75) is 33.7 Å². The summed E-state index contributed by atoms with van der Waals surface area (Å²) in [4.78, 5) is 25.3. The molecule has 0 spiro atoms. The van der Waals surface area contributed by atoms with Crippen LogP contribution in [0.15, 0.2) is 0 Å². The molecular formula is C13H21N5O2. The van der Waals surface area contributed by atoms with Crippen LogP contribution in [0, 0.1) is 19.3 Å². The maximum Gasteiger partial charge on any atom is 0.244 e. The lowest BCUT2D eigenvalue weighted by molar-refractivity contribution is -0.132. The SMILES string of the molecule is Cc1nn(CC(=O)N2CCC(C)(C(N)=O)C2)c(C)c1N. The smallest absolute Gasteiger partial charge is 0.244 e. The van der Waals surface area contributed by atoms with E-state index in [0.717, 1.165) is 11.4 Å². The van der Waals surface area contributed by atoms with Gasteiger partial charge in [-0.3, -0.25) is 14.3 Å². The minimum absolute atomic E-state index is 0.0689. The summed E-state index contributed by atoms with van der Waals surface area (Å²) < 4.78 is 1.60. The van der Waals surface area contributed by atoms with E-state index in [4.69, 9.17) is 11.5 Å². The molecule has 2 amide bonds. The van der Waals surface area contributed by atoms with Crippen LogP contribution in [0.3, 0.4) is 0 Å². The van der Waals surface area contributed by atoms with Gasteiger partial charge >= 0.3 is 0 Å². The van der Waals surface area contributed by atoms with Crippen molar-refractivity contribution < 1.29 is 9.59 Å². The molecule has 110 valence electrons. The van der Waals surface area contributed by atoms with Crippen LogP contribution >= 0.6 is 0 Å². The largest absolute Gasteiger partial charge is 0.396 e. The van der Waals surface area contributed by atoms with Gasteiger partial charge in [0.05, 0.1) is 22.5 Å². The van der Waals surface area contributed by atoms with E-state index in [1.165, 1.54) is 0 Å². The first-order valence-corrected chi connectivity index (χ1v) is 6.62. The number of aromatic nitrogens is 2. The van der Waals surface area contributed by atoms with E-state index in [1.807, 2.05) is 13.8 Å². The maximum absolute atomic E-state index is 12.3. The lowest BCUT2D eigenvalue weighted by Crippen LogP contribution is -2.39. The Labute approximate surface area is 117 Å². The van der Waals surface area contributed by atoms with Crippen LogP contribution in [0.25, 0.3) is 0 Å². The minimum atomic E-state index is -0.621. The molecule has 1 aliphatic heterocycles. The number of nitrogens with zero attached hydrogens (tertiary/aromatic N) is 3. The number of nitrogen functional groups attached to an aromatic ring is 1. The van der Waals surface area contributed by atoms with E-state index in [9.17, 15) is 9.59 Å². The molecule has 1 aromatic rings. The van der Waals surface area contributed by atoms with E-state index in [2.05, 4.69) is 5.10 Å². The van der Waals surface area contributed by atoms with Crippen LogP contribution in [0.2, 0.25) is 0 Å². The van der Waals surface area contributed by atoms with E-state index in [-0.39, 0.29) is 18.4 Å². The van der Waals surface area contributed by atoms with Crippen molar-refractivity contribution in [2.75, 3.05) is 18.8 Å². The second-order valence-corrected chi connectivity index (χ2v) is 5.73. The topological polar surface area (TPSA) is 107 Å². The molecule has 0 aromatic carbocycles. The van der Waals surface area contributed by atoms with Crippen molar-refractivity contribution in [1.29, 1.82) is 0 Å². The molecule has 4 N–H and O–H groups in total. The number of rotatable bonds is 3. The third-order valence-corrected chi connectivity index (χ3v) is 4.14. The predicted octanol–water partition coefficient (Wildman–Crippen LogP) is -0.194. The average molecular weight is 279 g/mol. The molecule has 0 saturated carbocycles. The normalized spacial score (nSPS) is 22.2. The van der Waals surface area contributed by atoms with Gasteiger partial charge in [-0.1, -0.05) is 0 Å². The van der Waals surface area contributed by atoms with E-state index < -0.39 is 5.41 Å². The molecule has 1 atom stereocenters. The van der Waals surface area contributed by atoms with Gasteiger partial charge in [-0.05, 0) is 27.2 Å². The molecule has 0 aliphatic carbocycles. The standard InChI is InChI=1S/C13H21N5O2/c1-8-11(14)9(2)18(16-8)6-10(19)17-5-4-13(3,7-17)12(15)20/h4-7,14H2,1-3H3,(H2,15,20). The van der Waals surface area contributed by atoms with Crippen LogP contribution in [-0.4, -0.2) is 39.6 Å². The Hall–Kier alpha value is -2.05. The van der Waals surface area contributed by atoms with Gasteiger partial charge in [0.15, 0.2) is 0 Å². The molecule has 1 unspecified atom stereocenters. The molecule has 2 rings (SSSR count). The third kappa shape index (κ3) is 2.35. The summed E-state index contributed by atoms with van der Waals surface area (Å²) in [7, 11) is 0. The third-order valence-electron chi connectivity index (χ3n) is 4.14. The number of nitrogens with two attached hydrogens (primary N) is 2. The van der Waals surface area contributed by atoms with Gasteiger partial charge in [-0.2, -0.15) is 5.10 Å². The zero-order chi connectivity index (χ0) is 15.1. The summed E-state index contributed by atoms with van der Waals surface area (Å²) >= 11 is 0. The number of aryl methyl sites for hydroxylation is 1. The summed E-state index contributed by atoms with van der Waals surface area (Å²) in [5.41, 5.74) is 12.7. The molecule has 2 heterocycles. The Kier molecular flexibility index (Phi) is 3.45. The van der Waals surface area contributed by atoms with Crippen molar-refractivity contribution in [1.82, 2.24) is 14.7 Å². The predicted molar refractivity (Wildman–Crippen MR) is 74.6 cm³/mol. The van der Waals surface area contributed by atoms with Crippen molar-refractivity contribution in [3.8, 4) is 0 Å². The summed E-state index contributed by atoms with van der Waals surface area (Å²) in [6, 6.07) is 0.